The van der Waals surface area contributed by atoms with Crippen molar-refractivity contribution in [3.05, 3.63) is 84.4 Å². The third kappa shape index (κ3) is 3.50. The number of halogens is 1. The van der Waals surface area contributed by atoms with E-state index in [1.54, 1.807) is 25.1 Å². The van der Waals surface area contributed by atoms with Crippen LogP contribution in [-0.4, -0.2) is 15.4 Å². The number of fused-ring (bicyclic) bond motifs is 1. The third-order valence-corrected chi connectivity index (χ3v) is 4.30. The molecule has 2 amide bonds. The van der Waals surface area contributed by atoms with Gasteiger partial charge in [0.05, 0.1) is 5.69 Å². The molecule has 6 heteroatoms. The molecule has 2 heterocycles. The Hall–Kier alpha value is -3.67. The smallest absolute Gasteiger partial charge is 0.308 e. The summed E-state index contributed by atoms with van der Waals surface area (Å²) in [6, 6.07) is 17.4. The lowest BCUT2D eigenvalue weighted by Gasteiger charge is -2.11. The zero-order valence-electron chi connectivity index (χ0n) is 14.6. The molecule has 0 atom stereocenters. The number of pyridine rings is 1. The summed E-state index contributed by atoms with van der Waals surface area (Å²) >= 11 is 0. The van der Waals surface area contributed by atoms with Crippen molar-refractivity contribution < 1.29 is 9.18 Å². The lowest BCUT2D eigenvalue weighted by Crippen LogP contribution is -2.20. The molecule has 0 fully saturated rings. The summed E-state index contributed by atoms with van der Waals surface area (Å²) in [5, 5.41) is 5.44. The fourth-order valence-electron chi connectivity index (χ4n) is 2.86. The van der Waals surface area contributed by atoms with Crippen LogP contribution in [-0.2, 0) is 0 Å². The van der Waals surface area contributed by atoms with E-state index in [0.29, 0.717) is 16.9 Å². The predicted octanol–water partition coefficient (Wildman–Crippen LogP) is 5.09. The molecular weight excluding hydrogens is 343 g/mol. The lowest BCUT2D eigenvalue weighted by molar-refractivity contribution is 0.262. The highest BCUT2D eigenvalue weighted by molar-refractivity contribution is 6.00. The average Bonchev–Trinajstić information content (AvgIpc) is 3.10. The van der Waals surface area contributed by atoms with E-state index in [4.69, 9.17) is 0 Å². The number of hydrogen-bond acceptors (Lipinski definition) is 2. The van der Waals surface area contributed by atoms with Gasteiger partial charge in [-0.15, -0.1) is 0 Å². The maximum atomic E-state index is 13.6. The number of amides is 2. The van der Waals surface area contributed by atoms with Gasteiger partial charge in [-0.25, -0.2) is 14.2 Å². The summed E-state index contributed by atoms with van der Waals surface area (Å²) in [6.07, 6.45) is 3.87. The van der Waals surface area contributed by atoms with E-state index in [1.807, 2.05) is 53.2 Å². The topological polar surface area (TPSA) is 58.4 Å². The zero-order valence-corrected chi connectivity index (χ0v) is 14.6. The van der Waals surface area contributed by atoms with E-state index >= 15 is 0 Å². The predicted molar refractivity (Wildman–Crippen MR) is 104 cm³/mol. The van der Waals surface area contributed by atoms with Gasteiger partial charge in [0.2, 0.25) is 0 Å². The van der Waals surface area contributed by atoms with Crippen molar-refractivity contribution in [2.24, 2.45) is 0 Å². The Kier molecular flexibility index (Phi) is 4.30. The van der Waals surface area contributed by atoms with Gasteiger partial charge < -0.3 is 15.0 Å². The second kappa shape index (κ2) is 6.92. The number of urea groups is 1. The first-order chi connectivity index (χ1) is 13.1. The number of nitrogens with one attached hydrogen (secondary N) is 2. The van der Waals surface area contributed by atoms with Gasteiger partial charge in [-0.1, -0.05) is 24.3 Å². The third-order valence-electron chi connectivity index (χ3n) is 4.30. The fourth-order valence-corrected chi connectivity index (χ4v) is 2.86. The molecule has 4 rings (SSSR count). The minimum Gasteiger partial charge on any atom is -0.308 e. The van der Waals surface area contributed by atoms with Crippen molar-refractivity contribution >= 4 is 23.1 Å². The first-order valence-electron chi connectivity index (χ1n) is 8.47. The van der Waals surface area contributed by atoms with E-state index in [2.05, 4.69) is 15.6 Å². The Bertz CT molecular complexity index is 1100. The van der Waals surface area contributed by atoms with Gasteiger partial charge in [-0.05, 0) is 43.3 Å². The van der Waals surface area contributed by atoms with Crippen molar-refractivity contribution in [2.75, 3.05) is 10.6 Å². The van der Waals surface area contributed by atoms with Gasteiger partial charge in [0, 0.05) is 34.9 Å². The van der Waals surface area contributed by atoms with E-state index in [9.17, 15) is 9.18 Å². The Morgan fingerprint density at radius 2 is 1.89 bits per heavy atom. The second-order valence-electron chi connectivity index (χ2n) is 6.16. The average molecular weight is 360 g/mol. The Labute approximate surface area is 155 Å². The number of imidazole rings is 1. The van der Waals surface area contributed by atoms with Crippen molar-refractivity contribution in [1.29, 1.82) is 0 Å². The molecule has 0 unspecified atom stereocenters. The standard InChI is InChI=1S/C21H17FN4O/c1-14-17(22)8-5-9-18(14)25-21(27)23-16-7-4-6-15(12-16)19-13-26-11-3-2-10-20(26)24-19/h2-13H,1H3,(H2,23,25,27). The van der Waals surface area contributed by atoms with Crippen LogP contribution in [0, 0.1) is 12.7 Å². The summed E-state index contributed by atoms with van der Waals surface area (Å²) in [5.41, 5.74) is 4.00. The fraction of sp³-hybridized carbons (Fsp3) is 0.0476. The number of benzene rings is 2. The number of carbonyl (C=O) groups excluding carboxylic acids is 1. The largest absolute Gasteiger partial charge is 0.323 e. The summed E-state index contributed by atoms with van der Waals surface area (Å²) in [4.78, 5) is 16.9. The summed E-state index contributed by atoms with van der Waals surface area (Å²) in [7, 11) is 0. The Balaban J connectivity index is 1.54. The molecule has 134 valence electrons. The van der Waals surface area contributed by atoms with Gasteiger partial charge in [-0.2, -0.15) is 0 Å². The van der Waals surface area contributed by atoms with Gasteiger partial charge in [0.15, 0.2) is 0 Å². The first kappa shape index (κ1) is 16.8. The van der Waals surface area contributed by atoms with Crippen LogP contribution < -0.4 is 10.6 Å². The molecule has 5 nitrogen and oxygen atoms in total. The quantitative estimate of drug-likeness (QED) is 0.534. The van der Waals surface area contributed by atoms with Crippen LogP contribution in [0.15, 0.2) is 73.1 Å². The minimum atomic E-state index is -0.434. The molecule has 2 N–H and O–H groups in total. The molecule has 0 aliphatic rings. The normalized spacial score (nSPS) is 10.7. The van der Waals surface area contributed by atoms with Crippen LogP contribution in [0.4, 0.5) is 20.6 Å². The molecule has 0 spiro atoms. The highest BCUT2D eigenvalue weighted by atomic mass is 19.1. The molecule has 0 aliphatic carbocycles. The lowest BCUT2D eigenvalue weighted by atomic mass is 10.1. The number of aromatic nitrogens is 2. The Morgan fingerprint density at radius 3 is 2.74 bits per heavy atom. The number of hydrogen-bond donors (Lipinski definition) is 2. The van der Waals surface area contributed by atoms with Crippen LogP contribution in [0.1, 0.15) is 5.56 Å². The maximum absolute atomic E-state index is 13.6. The van der Waals surface area contributed by atoms with Crippen LogP contribution in [0.3, 0.4) is 0 Å². The monoisotopic (exact) mass is 360 g/mol. The van der Waals surface area contributed by atoms with E-state index in [0.717, 1.165) is 16.9 Å². The number of rotatable bonds is 3. The van der Waals surface area contributed by atoms with E-state index < -0.39 is 6.03 Å². The molecule has 0 radical (unpaired) electrons. The second-order valence-corrected chi connectivity index (χ2v) is 6.16. The molecule has 0 bridgehead atoms. The summed E-state index contributed by atoms with van der Waals surface area (Å²) in [6.45, 7) is 1.62. The van der Waals surface area contributed by atoms with Crippen LogP contribution in [0.25, 0.3) is 16.9 Å². The molecule has 0 saturated carbocycles. The molecule has 0 saturated heterocycles. The molecular formula is C21H17FN4O. The van der Waals surface area contributed by atoms with Crippen LogP contribution in [0.2, 0.25) is 0 Å². The van der Waals surface area contributed by atoms with Gasteiger partial charge in [-0.3, -0.25) is 0 Å². The van der Waals surface area contributed by atoms with E-state index in [-0.39, 0.29) is 5.82 Å². The minimum absolute atomic E-state index is 0.360. The SMILES string of the molecule is Cc1c(F)cccc1NC(=O)Nc1cccc(-c2cn3ccccc3n2)c1. The summed E-state index contributed by atoms with van der Waals surface area (Å²) in [5.74, 6) is -0.360. The van der Waals surface area contributed by atoms with Crippen molar-refractivity contribution in [3.8, 4) is 11.3 Å². The van der Waals surface area contributed by atoms with E-state index in [1.165, 1.54) is 6.07 Å². The highest BCUT2D eigenvalue weighted by Crippen LogP contribution is 2.23. The summed E-state index contributed by atoms with van der Waals surface area (Å²) < 4.78 is 15.5. The van der Waals surface area contributed by atoms with Gasteiger partial charge in [0.1, 0.15) is 11.5 Å². The van der Waals surface area contributed by atoms with Crippen molar-refractivity contribution in [1.82, 2.24) is 9.38 Å². The van der Waals surface area contributed by atoms with Gasteiger partial charge in [0.25, 0.3) is 0 Å². The number of carbonyl (C=O) groups is 1. The Morgan fingerprint density at radius 1 is 1.04 bits per heavy atom. The zero-order chi connectivity index (χ0) is 18.8. The van der Waals surface area contributed by atoms with Gasteiger partial charge >= 0.3 is 6.03 Å². The maximum Gasteiger partial charge on any atom is 0.323 e. The van der Waals surface area contributed by atoms with Crippen molar-refractivity contribution in [2.45, 2.75) is 6.92 Å². The molecule has 2 aromatic heterocycles. The molecule has 27 heavy (non-hydrogen) atoms. The highest BCUT2D eigenvalue weighted by Gasteiger charge is 2.09. The van der Waals surface area contributed by atoms with Crippen molar-refractivity contribution in [3.63, 3.8) is 0 Å². The molecule has 2 aromatic carbocycles. The first-order valence-corrected chi connectivity index (χ1v) is 8.47. The number of anilines is 2. The molecule has 4 aromatic rings. The molecule has 0 aliphatic heterocycles. The van der Waals surface area contributed by atoms with Crippen LogP contribution in [0.5, 0.6) is 0 Å². The number of nitrogens with zero attached hydrogens (tertiary/aromatic N) is 2. The van der Waals surface area contributed by atoms with Crippen LogP contribution >= 0.6 is 0 Å².